The Balaban J connectivity index is 0.000000448. The van der Waals surface area contributed by atoms with Crippen molar-refractivity contribution >= 4 is 40.4 Å². The van der Waals surface area contributed by atoms with Gasteiger partial charge in [-0.2, -0.15) is 39.5 Å². The average Bonchev–Trinajstić information content (AvgIpc) is 1.63. The molecule has 7 saturated heterocycles. The summed E-state index contributed by atoms with van der Waals surface area (Å²) in [5.41, 5.74) is 2.83. The van der Waals surface area contributed by atoms with Crippen LogP contribution in [0.2, 0.25) is 0 Å². The van der Waals surface area contributed by atoms with E-state index in [2.05, 4.69) is 64.5 Å². The van der Waals surface area contributed by atoms with Gasteiger partial charge in [0.25, 0.3) is 27.8 Å². The minimum Gasteiger partial charge on any atom is -1.00 e. The van der Waals surface area contributed by atoms with E-state index in [1.807, 2.05) is 49.8 Å². The van der Waals surface area contributed by atoms with Gasteiger partial charge in [0, 0.05) is 131 Å². The molecule has 5 aromatic rings. The van der Waals surface area contributed by atoms with E-state index < -0.39 is 261 Å². The first kappa shape index (κ1) is 128. The summed E-state index contributed by atoms with van der Waals surface area (Å²) in [6.07, 6.45) is -19.4. The Bertz CT molecular complexity index is 5670. The zero-order valence-corrected chi connectivity index (χ0v) is 85.3. The first-order chi connectivity index (χ1) is 67.6. The molecule has 18 N–H and O–H groups in total. The predicted molar refractivity (Wildman–Crippen MR) is 495 cm³/mol. The van der Waals surface area contributed by atoms with Crippen LogP contribution in [-0.2, 0) is 92.7 Å². The summed E-state index contributed by atoms with van der Waals surface area (Å²) >= 11 is 2.15. The third-order valence-corrected chi connectivity index (χ3v) is 22.8. The van der Waals surface area contributed by atoms with Crippen LogP contribution in [0.3, 0.4) is 0 Å². The van der Waals surface area contributed by atoms with Crippen molar-refractivity contribution in [2.45, 2.75) is 235 Å². The quantitative estimate of drug-likeness (QED) is 0.00324. The smallest absolute Gasteiger partial charge is 0.491 e. The van der Waals surface area contributed by atoms with E-state index in [4.69, 9.17) is 58.2 Å². The van der Waals surface area contributed by atoms with Crippen LogP contribution < -0.4 is 91.3 Å². The zero-order chi connectivity index (χ0) is 109. The van der Waals surface area contributed by atoms with Crippen molar-refractivity contribution in [3.63, 3.8) is 0 Å². The maximum atomic E-state index is 13.0. The number of carbonyl (C=O) groups is 3. The molecule has 5 unspecified atom stereocenters. The average molecular weight is 2330 g/mol. The number of nitrogens with one attached hydrogen (secondary N) is 6. The predicted octanol–water partition coefficient (Wildman–Crippen LogP) is -6.35. The van der Waals surface area contributed by atoms with Crippen LogP contribution in [0.5, 0.6) is 0 Å². The normalized spacial score (nSPS) is 25.5. The maximum Gasteiger partial charge on any atom is 0.491 e. The molecule has 0 saturated carbocycles. The molecule has 1 amide bonds. The lowest BCUT2D eigenvalue weighted by molar-refractivity contribution is -0.911. The summed E-state index contributed by atoms with van der Waals surface area (Å²) in [5.74, 6) is -8.55. The number of nitrogens with two attached hydrogens (primary N) is 1. The second kappa shape index (κ2) is 59.5. The van der Waals surface area contributed by atoms with Crippen LogP contribution in [0.15, 0.2) is 120 Å². The lowest BCUT2D eigenvalue weighted by Crippen LogP contribution is -3.00. The van der Waals surface area contributed by atoms with Crippen LogP contribution in [0.25, 0.3) is 0 Å². The third kappa shape index (κ3) is 35.9. The molecular weight excluding hydrogens is 2200 g/mol. The lowest BCUT2D eigenvalue weighted by atomic mass is 10.1. The van der Waals surface area contributed by atoms with Gasteiger partial charge in [-0.25, -0.2) is 33.6 Å². The number of methoxy groups -OCH3 is 5. The minimum absolute atomic E-state index is 0. The second-order valence-corrected chi connectivity index (χ2v) is 34.0. The summed E-state index contributed by atoms with van der Waals surface area (Å²) in [6, 6.07) is 1.16. The van der Waals surface area contributed by atoms with Crippen LogP contribution in [0.4, 0.5) is 39.5 Å². The monoisotopic (exact) mass is 2330 g/mol. The molecule has 0 radical (unpaired) electrons. The molecule has 145 heavy (non-hydrogen) atoms. The van der Waals surface area contributed by atoms with Gasteiger partial charge in [0.2, 0.25) is 0 Å². The van der Waals surface area contributed by atoms with Gasteiger partial charge in [-0.15, -0.1) is 0 Å². The van der Waals surface area contributed by atoms with Crippen LogP contribution in [-0.4, -0.2) is 367 Å². The number of alkyl halides is 10. The molecule has 12 rings (SSSR count). The highest BCUT2D eigenvalue weighted by Crippen LogP contribution is 2.36. The Hall–Kier alpha value is -8.90. The molecule has 49 nitrogen and oxygen atoms in total. The van der Waals surface area contributed by atoms with Crippen molar-refractivity contribution in [1.82, 2.24) is 62.9 Å². The number of hydrogen-bond acceptors (Lipinski definition) is 37. The van der Waals surface area contributed by atoms with Crippen LogP contribution in [0.1, 0.15) is 122 Å². The maximum absolute atomic E-state index is 13.0. The van der Waals surface area contributed by atoms with E-state index >= 15 is 0 Å². The fraction of sp³-hybridized carbons (Fsp3) is 0.659. The highest BCUT2D eigenvalue weighted by Gasteiger charge is 2.53. The van der Waals surface area contributed by atoms with Gasteiger partial charge in [0.1, 0.15) is 98.1 Å². The number of aromatic amines is 5. The van der Waals surface area contributed by atoms with Gasteiger partial charge in [0.05, 0.1) is 70.8 Å². The van der Waals surface area contributed by atoms with Crippen molar-refractivity contribution in [3.05, 3.63) is 198 Å². The Morgan fingerprint density at radius 3 is 1.10 bits per heavy atom. The van der Waals surface area contributed by atoms with Gasteiger partial charge < -0.3 is 148 Å². The van der Waals surface area contributed by atoms with Crippen molar-refractivity contribution in [1.29, 1.82) is 0 Å². The SMILES string of the molecule is CC(C)=CCN.CI.CO[C@H]1C(O)[C@@H](CO)O[C@H]1n1cc(CN(CC=C(C)C)C(=O)C(F)(F)F)c(=O)[nH]c1=O.CO[C@H]1C(O)[C@@H](CO)O[C@H]1n1cc(CN2CCCC2)c(=O)[nH]c1=O.CO[C@H]1C(O)[C@@H](CO)O[C@H]1n1cc(CNCC=C(C)C)c(=O)[nH]c1=O.CO[C@H]1C(O)[C@@H](CO)O[C@H]1n1cc(C[N+]2(C)CCCC2)c(=O)[nH]c1=O.CO[C@H]1C(O)[C@@H](CO)O[C@H]1n1ccc(=O)[nH]c1=O.O=C(OC(=O)C(F)(F)F)C(F)(F)F.[2HH].[I-]. The number of likely N-dealkylation sites (tertiary alicyclic amines) is 2. The van der Waals surface area contributed by atoms with Gasteiger partial charge in [-0.3, -0.25) is 81.4 Å². The number of H-pyrrole nitrogens is 5. The number of allylic oxidation sites excluding steroid dienone is 3. The van der Waals surface area contributed by atoms with Crippen molar-refractivity contribution < 1.29 is 187 Å². The number of aliphatic hydroxyl groups excluding tert-OH is 10. The fourth-order valence-electron chi connectivity index (χ4n) is 15.4. The Kier molecular flexibility index (Phi) is 52.7. The molecule has 12 heterocycles. The molecule has 5 aromatic heterocycles. The molecular formula is C85H128F9I2N15O34. The molecule has 7 aliphatic rings. The van der Waals surface area contributed by atoms with Crippen LogP contribution >= 0.6 is 22.6 Å². The number of quaternary nitrogens is 1. The van der Waals surface area contributed by atoms with Crippen molar-refractivity contribution in [3.8, 4) is 0 Å². The molecule has 0 aromatic carbocycles. The number of carbonyl (C=O) groups excluding carboxylic acids is 3. The highest BCUT2D eigenvalue weighted by molar-refractivity contribution is 14.1. The van der Waals surface area contributed by atoms with Gasteiger partial charge in [0.15, 0.2) is 31.1 Å². The largest absolute Gasteiger partial charge is 1.00 e. The molecule has 824 valence electrons. The Morgan fingerprint density at radius 2 is 0.786 bits per heavy atom. The van der Waals surface area contributed by atoms with E-state index in [-0.39, 0.29) is 37.5 Å². The molecule has 0 aliphatic carbocycles. The van der Waals surface area contributed by atoms with Crippen molar-refractivity contribution in [2.75, 3.05) is 126 Å². The Labute approximate surface area is 851 Å². The third-order valence-electron chi connectivity index (χ3n) is 22.8. The number of aliphatic hydroxyl groups is 10. The molecule has 7 fully saturated rings. The number of amides is 1. The number of esters is 2. The Morgan fingerprint density at radius 1 is 0.476 bits per heavy atom. The lowest BCUT2D eigenvalue weighted by Gasteiger charge is -2.29. The fourth-order valence-corrected chi connectivity index (χ4v) is 15.4. The van der Waals surface area contributed by atoms with Gasteiger partial charge in [-0.05, 0) is 72.4 Å². The van der Waals surface area contributed by atoms with E-state index in [0.717, 1.165) is 83.3 Å². The highest BCUT2D eigenvalue weighted by atomic mass is 127. The number of ether oxygens (including phenoxy) is 11. The number of halogens is 11. The molecule has 0 bridgehead atoms. The summed E-state index contributed by atoms with van der Waals surface area (Å²) in [7, 11) is 8.86. The van der Waals surface area contributed by atoms with E-state index in [1.165, 1.54) is 85.7 Å². The van der Waals surface area contributed by atoms with E-state index in [1.54, 1.807) is 13.8 Å². The first-order valence-electron chi connectivity index (χ1n) is 44.2. The number of nitrogens with zero attached hydrogens (tertiary/aromatic N) is 8. The summed E-state index contributed by atoms with van der Waals surface area (Å²) in [5, 5.41) is 99.7. The zero-order valence-electron chi connectivity index (χ0n) is 81.0. The topological polar surface area (TPSA) is 674 Å². The first-order valence-corrected chi connectivity index (χ1v) is 46.3. The summed E-state index contributed by atoms with van der Waals surface area (Å²) in [4.78, 5) is 167. The second-order valence-electron chi connectivity index (χ2n) is 34.0. The van der Waals surface area contributed by atoms with E-state index in [9.17, 15) is 148 Å². The van der Waals surface area contributed by atoms with Gasteiger partial charge in [-0.1, -0.05) is 57.5 Å². The molecule has 20 atom stereocenters. The minimum atomic E-state index is -5.62. The number of rotatable bonds is 28. The number of hydrogen-bond donors (Lipinski definition) is 17. The number of aromatic nitrogens is 10. The van der Waals surface area contributed by atoms with Crippen molar-refractivity contribution in [2.24, 2.45) is 5.73 Å². The summed E-state index contributed by atoms with van der Waals surface area (Å²) in [6.45, 7) is 14.3. The van der Waals surface area contributed by atoms with E-state index in [0.29, 0.717) is 53.3 Å². The molecule has 60 heteroatoms. The summed E-state index contributed by atoms with van der Waals surface area (Å²) < 4.78 is 168. The molecule has 0 spiro atoms. The standard InChI is InChI=1S/C18H24F3N3O7.2C16H25N3O6.C15H23N3O6.C10H14N2O6.C5H11N.C4F6O3.CH3I.HI.H2/c1-9(2)4-5-23(16(28)18(19,20)21)6-10-7-24(17(29)22-14(10)27)15-13(30-3)12(26)11(8-25)31-15;1-19(5-3-4-6-19)8-10-7-18(16(23)17-14(10)22)15-13(24-2)12(21)11(9-20)25-15;1-9(2)4-5-17-6-10-7-19(16(23)18-14(10)22)15-13(24-3)12(21)11(8-20)25-15;1-23-12-11(20)10(8-19)24-14(12)18-7-9(13(21)16-15(18)22)6-17-4-2-3-5-17;1-17-8-7(15)5(4-13)18-9(8)12-3-2-6(14)11-10(12)16;1-5(2)3-4-6;5-3(6,7)1(11)13-2(12)4(8,9)10;1-2;;/h4,7,11-13,15,25-26H,5-6,8H2,1-3H3,(H,22,27,29);7,11-13,15,20-21H,3-6,8-9H2,1-2H3;4,7,11-13,15,17,20-21H,5-6,8H2,1-3H3,(H,18,22,23);7,10-12,14,19-20H,2-6,8H2,1H3,(H,16,21,22);2-3,5,7-9,13,15H,4H2,1H3,(H,11,14,16);3H,4,6H2,1-2H3;;1H3;2*1H/t3*11-,12?,13+,15-;10-,11?,12+,14-;5-,7?,8+,9-;;;;;/m11111...../s1/i;;;;;;;;;1+1. The van der Waals surface area contributed by atoms with Gasteiger partial charge >= 0.3 is 64.8 Å². The molecule has 7 aliphatic heterocycles. The van der Waals surface area contributed by atoms with Crippen LogP contribution in [0, 0.1) is 0 Å².